The monoisotopic (exact) mass is 453 g/mol. The molecule has 1 unspecified atom stereocenters. The zero-order chi connectivity index (χ0) is 21.5. The van der Waals surface area contributed by atoms with Crippen LogP contribution in [0.4, 0.5) is 4.79 Å². The quantitative estimate of drug-likeness (QED) is 0.588. The maximum Gasteiger partial charge on any atom is 0.319 e. The molecule has 176 valence electrons. The number of carbonyl (C=O) groups excluding carboxylic acids is 1. The van der Waals surface area contributed by atoms with Crippen molar-refractivity contribution in [3.63, 3.8) is 0 Å². The van der Waals surface area contributed by atoms with Gasteiger partial charge in [0.2, 0.25) is 0 Å². The highest BCUT2D eigenvalue weighted by molar-refractivity contribution is 5.85. The van der Waals surface area contributed by atoms with Gasteiger partial charge >= 0.3 is 6.03 Å². The summed E-state index contributed by atoms with van der Waals surface area (Å²) >= 11 is 0. The van der Waals surface area contributed by atoms with Gasteiger partial charge in [0.05, 0.1) is 0 Å². The van der Waals surface area contributed by atoms with Crippen molar-refractivity contribution in [1.82, 2.24) is 14.7 Å². The van der Waals surface area contributed by atoms with E-state index in [0.717, 1.165) is 70.0 Å². The molecule has 0 saturated carbocycles. The summed E-state index contributed by atoms with van der Waals surface area (Å²) in [6.07, 6.45) is 3.20. The highest BCUT2D eigenvalue weighted by Crippen LogP contribution is 2.31. The van der Waals surface area contributed by atoms with Crippen molar-refractivity contribution < 1.29 is 14.3 Å². The van der Waals surface area contributed by atoms with Crippen LogP contribution in [-0.4, -0.2) is 79.3 Å². The Balaban J connectivity index is 0.00000341. The van der Waals surface area contributed by atoms with Crippen molar-refractivity contribution in [2.24, 2.45) is 5.92 Å². The Bertz CT molecular complexity index is 691. The van der Waals surface area contributed by atoms with Crippen LogP contribution >= 0.6 is 12.4 Å². The SMILES string of the molecule is CCN(CC)C(=O)N1CCC(CN(CC)C(C)Cc2ccc3c(c2)OCCO3)CC1.Cl. The van der Waals surface area contributed by atoms with Crippen molar-refractivity contribution >= 4 is 18.4 Å². The Kier molecular flexibility index (Phi) is 10.2. The third-order valence-corrected chi connectivity index (χ3v) is 6.58. The number of amides is 2. The molecule has 0 N–H and O–H groups in total. The van der Waals surface area contributed by atoms with Crippen LogP contribution in [0.5, 0.6) is 11.5 Å². The van der Waals surface area contributed by atoms with E-state index in [0.29, 0.717) is 25.2 Å². The van der Waals surface area contributed by atoms with Crippen LogP contribution in [0.15, 0.2) is 18.2 Å². The molecule has 2 heterocycles. The lowest BCUT2D eigenvalue weighted by atomic mass is 9.95. The lowest BCUT2D eigenvalue weighted by Gasteiger charge is -2.38. The first kappa shape index (κ1) is 25.6. The molecule has 2 aliphatic heterocycles. The molecule has 3 rings (SSSR count). The molecule has 1 aromatic carbocycles. The molecule has 1 aromatic rings. The van der Waals surface area contributed by atoms with E-state index < -0.39 is 0 Å². The van der Waals surface area contributed by atoms with Gasteiger partial charge in [0.1, 0.15) is 13.2 Å². The number of ether oxygens (including phenoxy) is 2. The molecule has 0 aromatic heterocycles. The van der Waals surface area contributed by atoms with Crippen molar-refractivity contribution in [3.8, 4) is 11.5 Å². The second-order valence-electron chi connectivity index (χ2n) is 8.50. The van der Waals surface area contributed by atoms with E-state index in [1.807, 2.05) is 15.9 Å². The van der Waals surface area contributed by atoms with Crippen LogP contribution in [0.1, 0.15) is 46.1 Å². The van der Waals surface area contributed by atoms with Gasteiger partial charge in [0.15, 0.2) is 11.5 Å². The van der Waals surface area contributed by atoms with Gasteiger partial charge < -0.3 is 24.2 Å². The molecule has 0 radical (unpaired) electrons. The third kappa shape index (κ3) is 6.66. The van der Waals surface area contributed by atoms with E-state index in [4.69, 9.17) is 9.47 Å². The van der Waals surface area contributed by atoms with Gasteiger partial charge in [-0.1, -0.05) is 13.0 Å². The maximum atomic E-state index is 12.6. The molecule has 0 bridgehead atoms. The summed E-state index contributed by atoms with van der Waals surface area (Å²) in [6, 6.07) is 7.01. The van der Waals surface area contributed by atoms with E-state index in [-0.39, 0.29) is 18.4 Å². The number of halogens is 1. The highest BCUT2D eigenvalue weighted by atomic mass is 35.5. The van der Waals surface area contributed by atoms with Gasteiger partial charge in [-0.2, -0.15) is 0 Å². The standard InChI is InChI=1S/C24H39N3O3.ClH/c1-5-25(6-2)24(28)27-12-10-20(11-13-27)18-26(7-3)19(4)16-21-8-9-22-23(17-21)30-15-14-29-22;/h8-9,17,19-20H,5-7,10-16,18H2,1-4H3;1H. The van der Waals surface area contributed by atoms with Crippen LogP contribution in [0.25, 0.3) is 0 Å². The number of piperidine rings is 1. The molecule has 2 aliphatic rings. The number of nitrogens with zero attached hydrogens (tertiary/aromatic N) is 3. The number of urea groups is 1. The van der Waals surface area contributed by atoms with E-state index in [1.54, 1.807) is 0 Å². The van der Waals surface area contributed by atoms with Crippen LogP contribution in [0.2, 0.25) is 0 Å². The van der Waals surface area contributed by atoms with Crippen LogP contribution in [0, 0.1) is 5.92 Å². The predicted molar refractivity (Wildman–Crippen MR) is 128 cm³/mol. The number of carbonyl (C=O) groups is 1. The van der Waals surface area contributed by atoms with Gasteiger partial charge in [-0.05, 0) is 70.2 Å². The molecular weight excluding hydrogens is 414 g/mol. The fraction of sp³-hybridized carbons (Fsp3) is 0.708. The molecule has 1 fully saturated rings. The molecule has 6 nitrogen and oxygen atoms in total. The first-order chi connectivity index (χ1) is 14.5. The topological polar surface area (TPSA) is 45.3 Å². The Morgan fingerprint density at radius 3 is 2.32 bits per heavy atom. The minimum atomic E-state index is 0. The number of likely N-dealkylation sites (tertiary alicyclic amines) is 1. The van der Waals surface area contributed by atoms with Gasteiger partial charge in [0.25, 0.3) is 0 Å². The largest absolute Gasteiger partial charge is 0.486 e. The lowest BCUT2D eigenvalue weighted by molar-refractivity contribution is 0.114. The summed E-state index contributed by atoms with van der Waals surface area (Å²) in [5.41, 5.74) is 1.30. The first-order valence-electron chi connectivity index (χ1n) is 11.7. The Labute approximate surface area is 194 Å². The van der Waals surface area contributed by atoms with Crippen LogP contribution < -0.4 is 9.47 Å². The van der Waals surface area contributed by atoms with Crippen LogP contribution in [0.3, 0.4) is 0 Å². The lowest BCUT2D eigenvalue weighted by Crippen LogP contribution is -2.48. The Morgan fingerprint density at radius 1 is 1.06 bits per heavy atom. The molecule has 0 aliphatic carbocycles. The fourth-order valence-electron chi connectivity index (χ4n) is 4.64. The number of hydrogen-bond donors (Lipinski definition) is 0. The van der Waals surface area contributed by atoms with Crippen molar-refractivity contribution in [2.45, 2.75) is 53.0 Å². The third-order valence-electron chi connectivity index (χ3n) is 6.58. The van der Waals surface area contributed by atoms with Gasteiger partial charge in [-0.15, -0.1) is 12.4 Å². The number of hydrogen-bond acceptors (Lipinski definition) is 4. The number of rotatable bonds is 8. The fourth-order valence-corrected chi connectivity index (χ4v) is 4.64. The zero-order valence-corrected chi connectivity index (χ0v) is 20.5. The Morgan fingerprint density at radius 2 is 1.71 bits per heavy atom. The minimum Gasteiger partial charge on any atom is -0.486 e. The second-order valence-corrected chi connectivity index (χ2v) is 8.50. The normalized spacial score (nSPS) is 17.3. The maximum absolute atomic E-state index is 12.6. The number of benzene rings is 1. The summed E-state index contributed by atoms with van der Waals surface area (Å²) in [6.45, 7) is 15.4. The molecule has 1 saturated heterocycles. The summed E-state index contributed by atoms with van der Waals surface area (Å²) in [7, 11) is 0. The second kappa shape index (κ2) is 12.4. The summed E-state index contributed by atoms with van der Waals surface area (Å²) in [5, 5.41) is 0. The molecule has 31 heavy (non-hydrogen) atoms. The van der Waals surface area contributed by atoms with Gasteiger partial charge in [-0.3, -0.25) is 0 Å². The van der Waals surface area contributed by atoms with Gasteiger partial charge in [0, 0.05) is 38.8 Å². The van der Waals surface area contributed by atoms with Gasteiger partial charge in [-0.25, -0.2) is 4.79 Å². The van der Waals surface area contributed by atoms with Crippen LogP contribution in [-0.2, 0) is 6.42 Å². The van der Waals surface area contributed by atoms with E-state index >= 15 is 0 Å². The molecule has 7 heteroatoms. The van der Waals surface area contributed by atoms with Crippen molar-refractivity contribution in [1.29, 1.82) is 0 Å². The summed E-state index contributed by atoms with van der Waals surface area (Å²) in [4.78, 5) is 19.1. The van der Waals surface area contributed by atoms with E-state index in [9.17, 15) is 4.79 Å². The number of likely N-dealkylation sites (N-methyl/N-ethyl adjacent to an activating group) is 1. The predicted octanol–water partition coefficient (Wildman–Crippen LogP) is 4.31. The average Bonchev–Trinajstić information content (AvgIpc) is 2.78. The summed E-state index contributed by atoms with van der Waals surface area (Å²) in [5.74, 6) is 2.39. The molecule has 1 atom stereocenters. The van der Waals surface area contributed by atoms with Crippen molar-refractivity contribution in [2.75, 3.05) is 52.5 Å². The molecular formula is C24H40ClN3O3. The minimum absolute atomic E-state index is 0. The smallest absolute Gasteiger partial charge is 0.319 e. The Hall–Kier alpha value is -1.66. The number of fused-ring (bicyclic) bond motifs is 1. The highest BCUT2D eigenvalue weighted by Gasteiger charge is 2.27. The average molecular weight is 454 g/mol. The van der Waals surface area contributed by atoms with Crippen molar-refractivity contribution in [3.05, 3.63) is 23.8 Å². The van der Waals surface area contributed by atoms with E-state index in [2.05, 4.69) is 44.7 Å². The molecule has 0 spiro atoms. The summed E-state index contributed by atoms with van der Waals surface area (Å²) < 4.78 is 11.4. The zero-order valence-electron chi connectivity index (χ0n) is 19.6. The molecule has 2 amide bonds. The first-order valence-corrected chi connectivity index (χ1v) is 11.7. The van der Waals surface area contributed by atoms with E-state index in [1.165, 1.54) is 5.56 Å².